The van der Waals surface area contributed by atoms with Gasteiger partial charge in [-0.15, -0.1) is 0 Å². The van der Waals surface area contributed by atoms with E-state index in [0.29, 0.717) is 26.4 Å². The third kappa shape index (κ3) is 4.90. The van der Waals surface area contributed by atoms with E-state index in [1.165, 1.54) is 13.3 Å². The first-order valence-electron chi connectivity index (χ1n) is 7.98. The van der Waals surface area contributed by atoms with Crippen molar-refractivity contribution >= 4 is 56.6 Å². The minimum Gasteiger partial charge on any atom is -0.481 e. The number of nitrogens with zero attached hydrogens (tertiary/aromatic N) is 1. The SMILES string of the molecule is COC(=O)COc1ccc(/C=N/NC(=O)c2cc3cc(Cl)ccc3o2)cc1Br. The molecule has 1 amide bonds. The van der Waals surface area contributed by atoms with Crippen LogP contribution in [0.1, 0.15) is 16.1 Å². The normalized spacial score (nSPS) is 11.0. The Balaban J connectivity index is 1.62. The zero-order valence-electron chi connectivity index (χ0n) is 14.6. The van der Waals surface area contributed by atoms with E-state index >= 15 is 0 Å². The lowest BCUT2D eigenvalue weighted by Gasteiger charge is -2.07. The van der Waals surface area contributed by atoms with Crippen LogP contribution in [0.2, 0.25) is 5.02 Å². The maximum atomic E-state index is 12.2. The van der Waals surface area contributed by atoms with Gasteiger partial charge in [0.05, 0.1) is 17.8 Å². The summed E-state index contributed by atoms with van der Waals surface area (Å²) in [6.45, 7) is -0.193. The number of hydrazone groups is 1. The maximum Gasteiger partial charge on any atom is 0.343 e. The second kappa shape index (κ2) is 8.90. The van der Waals surface area contributed by atoms with E-state index in [9.17, 15) is 9.59 Å². The molecule has 28 heavy (non-hydrogen) atoms. The van der Waals surface area contributed by atoms with Gasteiger partial charge in [-0.2, -0.15) is 5.10 Å². The van der Waals surface area contributed by atoms with Gasteiger partial charge in [0.1, 0.15) is 11.3 Å². The van der Waals surface area contributed by atoms with Gasteiger partial charge in [-0.05, 0) is 64.0 Å². The number of fused-ring (bicyclic) bond motifs is 1. The lowest BCUT2D eigenvalue weighted by molar-refractivity contribution is -0.142. The largest absolute Gasteiger partial charge is 0.481 e. The van der Waals surface area contributed by atoms with E-state index in [0.717, 1.165) is 5.39 Å². The van der Waals surface area contributed by atoms with Gasteiger partial charge in [-0.1, -0.05) is 11.6 Å². The molecule has 0 unspecified atom stereocenters. The van der Waals surface area contributed by atoms with Crippen LogP contribution in [-0.2, 0) is 9.53 Å². The molecule has 9 heteroatoms. The second-order valence-corrected chi connectivity index (χ2v) is 6.84. The molecule has 2 aromatic carbocycles. The number of benzene rings is 2. The van der Waals surface area contributed by atoms with Crippen molar-refractivity contribution in [3.63, 3.8) is 0 Å². The summed E-state index contributed by atoms with van der Waals surface area (Å²) >= 11 is 9.27. The maximum absolute atomic E-state index is 12.2. The Labute approximate surface area is 173 Å². The molecular formula is C19H14BrClN2O5. The lowest BCUT2D eigenvalue weighted by Crippen LogP contribution is -2.16. The Morgan fingerprint density at radius 2 is 2.07 bits per heavy atom. The van der Waals surface area contributed by atoms with Crippen molar-refractivity contribution in [2.75, 3.05) is 13.7 Å². The number of halogens is 2. The van der Waals surface area contributed by atoms with Gasteiger partial charge in [0, 0.05) is 10.4 Å². The molecule has 0 aliphatic carbocycles. The minimum absolute atomic E-state index is 0.127. The van der Waals surface area contributed by atoms with Crippen LogP contribution < -0.4 is 10.2 Å². The molecule has 0 atom stereocenters. The van der Waals surface area contributed by atoms with Gasteiger partial charge < -0.3 is 13.9 Å². The first-order chi connectivity index (χ1) is 13.5. The highest BCUT2D eigenvalue weighted by atomic mass is 79.9. The summed E-state index contributed by atoms with van der Waals surface area (Å²) in [5, 5.41) is 5.21. The summed E-state index contributed by atoms with van der Waals surface area (Å²) in [6, 6.07) is 11.8. The first kappa shape index (κ1) is 19.9. The van der Waals surface area contributed by atoms with E-state index in [-0.39, 0.29) is 12.4 Å². The highest BCUT2D eigenvalue weighted by Crippen LogP contribution is 2.25. The van der Waals surface area contributed by atoms with Crippen LogP contribution in [-0.4, -0.2) is 31.8 Å². The number of hydrogen-bond donors (Lipinski definition) is 1. The molecule has 3 rings (SSSR count). The first-order valence-corrected chi connectivity index (χ1v) is 9.15. The highest BCUT2D eigenvalue weighted by Gasteiger charge is 2.12. The number of amides is 1. The van der Waals surface area contributed by atoms with Crippen LogP contribution in [0.15, 0.2) is 56.5 Å². The zero-order chi connectivity index (χ0) is 20.1. The topological polar surface area (TPSA) is 90.1 Å². The average Bonchev–Trinajstić information content (AvgIpc) is 3.10. The number of furan rings is 1. The molecule has 0 bridgehead atoms. The molecule has 3 aromatic rings. The van der Waals surface area contributed by atoms with E-state index < -0.39 is 11.9 Å². The molecule has 1 N–H and O–H groups in total. The number of nitrogens with one attached hydrogen (secondary N) is 1. The summed E-state index contributed by atoms with van der Waals surface area (Å²) < 4.78 is 15.9. The van der Waals surface area contributed by atoms with Crippen LogP contribution in [0, 0.1) is 0 Å². The standard InChI is InChI=1S/C19H14BrClN2O5/c1-26-18(24)10-27-16-4-2-11(6-14(16)20)9-22-23-19(25)17-8-12-7-13(21)3-5-15(12)28-17/h2-9H,10H2,1H3,(H,23,25)/b22-9+. The molecule has 0 fully saturated rings. The summed E-state index contributed by atoms with van der Waals surface area (Å²) in [7, 11) is 1.29. The van der Waals surface area contributed by atoms with Crippen LogP contribution in [0.5, 0.6) is 5.75 Å². The quantitative estimate of drug-likeness (QED) is 0.335. The Kier molecular flexibility index (Phi) is 6.33. The van der Waals surface area contributed by atoms with Crippen molar-refractivity contribution < 1.29 is 23.5 Å². The number of carbonyl (C=O) groups excluding carboxylic acids is 2. The molecule has 1 heterocycles. The molecular weight excluding hydrogens is 452 g/mol. The highest BCUT2D eigenvalue weighted by molar-refractivity contribution is 9.10. The van der Waals surface area contributed by atoms with Gasteiger partial charge >= 0.3 is 11.9 Å². The molecule has 7 nitrogen and oxygen atoms in total. The number of methoxy groups -OCH3 is 1. The Morgan fingerprint density at radius 3 is 2.82 bits per heavy atom. The van der Waals surface area contributed by atoms with Crippen LogP contribution in [0.25, 0.3) is 11.0 Å². The summed E-state index contributed by atoms with van der Waals surface area (Å²) in [5.41, 5.74) is 3.66. The predicted molar refractivity (Wildman–Crippen MR) is 108 cm³/mol. The van der Waals surface area contributed by atoms with E-state index in [1.807, 2.05) is 0 Å². The molecule has 144 valence electrons. The number of esters is 1. The molecule has 0 saturated heterocycles. The van der Waals surface area contributed by atoms with Crippen molar-refractivity contribution in [1.29, 1.82) is 0 Å². The number of carbonyl (C=O) groups is 2. The Bertz CT molecular complexity index is 1060. The smallest absolute Gasteiger partial charge is 0.343 e. The fraction of sp³-hybridized carbons (Fsp3) is 0.105. The number of hydrogen-bond acceptors (Lipinski definition) is 6. The predicted octanol–water partition coefficient (Wildman–Crippen LogP) is 4.16. The van der Waals surface area contributed by atoms with Crippen molar-refractivity contribution in [3.05, 3.63) is 63.3 Å². The molecule has 0 aliphatic rings. The van der Waals surface area contributed by atoms with Gasteiger partial charge in [0.15, 0.2) is 12.4 Å². The van der Waals surface area contributed by atoms with Gasteiger partial charge in [0.2, 0.25) is 0 Å². The van der Waals surface area contributed by atoms with E-state index in [1.54, 1.807) is 42.5 Å². The lowest BCUT2D eigenvalue weighted by atomic mass is 10.2. The van der Waals surface area contributed by atoms with Crippen molar-refractivity contribution in [1.82, 2.24) is 5.43 Å². The molecule has 0 radical (unpaired) electrons. The second-order valence-electron chi connectivity index (χ2n) is 5.55. The van der Waals surface area contributed by atoms with Gasteiger partial charge in [-0.25, -0.2) is 10.2 Å². The van der Waals surface area contributed by atoms with Gasteiger partial charge in [0.25, 0.3) is 0 Å². The summed E-state index contributed by atoms with van der Waals surface area (Å²) in [5.74, 6) is -0.358. The Hall–Kier alpha value is -2.84. The third-order valence-corrected chi connectivity index (χ3v) is 4.47. The van der Waals surface area contributed by atoms with E-state index in [2.05, 4.69) is 31.2 Å². The summed E-state index contributed by atoms with van der Waals surface area (Å²) in [4.78, 5) is 23.3. The molecule has 1 aromatic heterocycles. The molecule has 0 saturated carbocycles. The van der Waals surface area contributed by atoms with E-state index in [4.69, 9.17) is 20.8 Å². The fourth-order valence-corrected chi connectivity index (χ4v) is 2.95. The van der Waals surface area contributed by atoms with Gasteiger partial charge in [-0.3, -0.25) is 4.79 Å². The number of ether oxygens (including phenoxy) is 2. The third-order valence-electron chi connectivity index (χ3n) is 3.61. The van der Waals surface area contributed by atoms with Crippen LogP contribution in [0.4, 0.5) is 0 Å². The Morgan fingerprint density at radius 1 is 1.25 bits per heavy atom. The van der Waals surface area contributed by atoms with Crippen molar-refractivity contribution in [2.24, 2.45) is 5.10 Å². The van der Waals surface area contributed by atoms with Crippen LogP contribution >= 0.6 is 27.5 Å². The molecule has 0 aliphatic heterocycles. The number of rotatable bonds is 6. The zero-order valence-corrected chi connectivity index (χ0v) is 16.9. The van der Waals surface area contributed by atoms with Crippen molar-refractivity contribution in [2.45, 2.75) is 0 Å². The minimum atomic E-state index is -0.485. The average molecular weight is 466 g/mol. The monoisotopic (exact) mass is 464 g/mol. The van der Waals surface area contributed by atoms with Crippen molar-refractivity contribution in [3.8, 4) is 5.75 Å². The van der Waals surface area contributed by atoms with Crippen LogP contribution in [0.3, 0.4) is 0 Å². The molecule has 0 spiro atoms. The summed E-state index contributed by atoms with van der Waals surface area (Å²) in [6.07, 6.45) is 1.46. The fourth-order valence-electron chi connectivity index (χ4n) is 2.26.